The van der Waals surface area contributed by atoms with Gasteiger partial charge in [-0.3, -0.25) is 9.59 Å². The summed E-state index contributed by atoms with van der Waals surface area (Å²) >= 11 is 6.99. The predicted molar refractivity (Wildman–Crippen MR) is 85.4 cm³/mol. The van der Waals surface area contributed by atoms with Gasteiger partial charge in [-0.25, -0.2) is 9.37 Å². The molecule has 2 aliphatic carbocycles. The van der Waals surface area contributed by atoms with Gasteiger partial charge in [-0.15, -0.1) is 0 Å². The van der Waals surface area contributed by atoms with E-state index < -0.39 is 17.6 Å². The van der Waals surface area contributed by atoms with Crippen LogP contribution in [0.1, 0.15) is 19.8 Å². The average Bonchev–Trinajstić information content (AvgIpc) is 2.99. The number of carbonyl (C=O) groups is 2. The summed E-state index contributed by atoms with van der Waals surface area (Å²) in [7, 11) is 0. The second kappa shape index (κ2) is 6.24. The number of carbonyl (C=O) groups excluding carboxylic acids is 2. The van der Waals surface area contributed by atoms with Gasteiger partial charge in [0, 0.05) is 18.2 Å². The second-order valence-electron chi connectivity index (χ2n) is 5.98. The molecule has 0 aliphatic heterocycles. The number of nitrogens with one attached hydrogen (secondary N) is 1. The number of hydrogen-bond acceptors (Lipinski definition) is 6. The van der Waals surface area contributed by atoms with Gasteiger partial charge in [0.05, 0.1) is 12.1 Å². The van der Waals surface area contributed by atoms with Crippen LogP contribution in [0, 0.1) is 23.6 Å². The third-order valence-corrected chi connectivity index (χ3v) is 5.97. The Bertz CT molecular complexity index is 662. The number of primary amides is 1. The molecule has 2 bridgehead atoms. The van der Waals surface area contributed by atoms with Crippen molar-refractivity contribution >= 4 is 40.2 Å². The van der Waals surface area contributed by atoms with Gasteiger partial charge in [0.15, 0.2) is 16.8 Å². The smallest absolute Gasteiger partial charge is 0.224 e. The van der Waals surface area contributed by atoms with E-state index in [1.54, 1.807) is 0 Å². The number of nitrogens with zero attached hydrogens (tertiary/aromatic N) is 2. The Kier molecular flexibility index (Phi) is 4.46. The number of thioether (sulfide) groups is 1. The van der Waals surface area contributed by atoms with Crippen LogP contribution in [0.25, 0.3) is 0 Å². The van der Waals surface area contributed by atoms with Crippen LogP contribution in [0.3, 0.4) is 0 Å². The van der Waals surface area contributed by atoms with E-state index in [4.69, 9.17) is 17.3 Å². The molecule has 0 aromatic carbocycles. The highest BCUT2D eigenvalue weighted by Gasteiger charge is 2.55. The Balaban J connectivity index is 1.86. The van der Waals surface area contributed by atoms with E-state index in [9.17, 15) is 14.0 Å². The average molecular weight is 359 g/mol. The topological polar surface area (TPSA) is 98.0 Å². The highest BCUT2D eigenvalue weighted by Crippen LogP contribution is 2.53. The molecule has 0 unspecified atom stereocenters. The van der Waals surface area contributed by atoms with Crippen LogP contribution >= 0.6 is 23.4 Å². The SMILES string of the molecule is CC(=O)S[C@@H]1C[C@@H]2C[C@H]1[C@@H](Nc1nc(Cl)ncc1F)[C@H]2C(N)=O. The number of anilines is 1. The summed E-state index contributed by atoms with van der Waals surface area (Å²) in [6, 6.07) is -0.358. The van der Waals surface area contributed by atoms with Gasteiger partial charge < -0.3 is 11.1 Å². The summed E-state index contributed by atoms with van der Waals surface area (Å²) in [5, 5.41) is 3.04. The number of amides is 1. The van der Waals surface area contributed by atoms with E-state index in [1.807, 2.05) is 0 Å². The fourth-order valence-electron chi connectivity index (χ4n) is 3.86. The molecule has 1 amide bonds. The van der Waals surface area contributed by atoms with Gasteiger partial charge in [0.2, 0.25) is 11.2 Å². The van der Waals surface area contributed by atoms with Crippen molar-refractivity contribution in [1.82, 2.24) is 9.97 Å². The third kappa shape index (κ3) is 3.14. The second-order valence-corrected chi connectivity index (χ2v) is 7.73. The zero-order valence-electron chi connectivity index (χ0n) is 12.3. The Morgan fingerprint density at radius 3 is 2.87 bits per heavy atom. The maximum atomic E-state index is 13.9. The van der Waals surface area contributed by atoms with Crippen molar-refractivity contribution in [3.8, 4) is 0 Å². The Labute approximate surface area is 141 Å². The molecule has 9 heteroatoms. The Morgan fingerprint density at radius 2 is 2.22 bits per heavy atom. The predicted octanol–water partition coefficient (Wildman–Crippen LogP) is 1.84. The third-order valence-electron chi connectivity index (χ3n) is 4.61. The molecule has 1 aromatic rings. The van der Waals surface area contributed by atoms with Gasteiger partial charge in [-0.1, -0.05) is 11.8 Å². The molecule has 1 aromatic heterocycles. The highest BCUT2D eigenvalue weighted by atomic mass is 35.5. The number of nitrogens with two attached hydrogens (primary N) is 1. The zero-order chi connectivity index (χ0) is 16.7. The molecule has 0 spiro atoms. The first kappa shape index (κ1) is 16.4. The van der Waals surface area contributed by atoms with E-state index in [0.717, 1.165) is 19.0 Å². The van der Waals surface area contributed by atoms with Crippen molar-refractivity contribution in [1.29, 1.82) is 0 Å². The number of rotatable bonds is 4. The Hall–Kier alpha value is -1.41. The molecular weight excluding hydrogens is 343 g/mol. The summed E-state index contributed by atoms with van der Waals surface area (Å²) in [5.41, 5.74) is 5.54. The van der Waals surface area contributed by atoms with E-state index in [2.05, 4.69) is 15.3 Å². The first-order chi connectivity index (χ1) is 10.9. The molecule has 3 rings (SSSR count). The normalized spacial score (nSPS) is 32.0. The molecule has 6 nitrogen and oxygen atoms in total. The summed E-state index contributed by atoms with van der Waals surface area (Å²) < 4.78 is 13.9. The zero-order valence-corrected chi connectivity index (χ0v) is 13.9. The molecule has 0 saturated heterocycles. The first-order valence-corrected chi connectivity index (χ1v) is 8.53. The standard InChI is InChI=1S/C14H16ClFN4O2S/c1-5(21)23-9-3-6-2-7(9)11(10(6)12(17)22)19-13-8(16)4-18-14(15)20-13/h4,6-7,9-11H,2-3H2,1H3,(H2,17,22)(H,18,19,20)/t6-,7+,9+,10-,11+/m0/s1. The lowest BCUT2D eigenvalue weighted by molar-refractivity contribution is -0.123. The molecular formula is C14H16ClFN4O2S. The largest absolute Gasteiger partial charge is 0.369 e. The minimum absolute atomic E-state index is 0.0354. The fraction of sp³-hybridized carbons (Fsp3) is 0.571. The summed E-state index contributed by atoms with van der Waals surface area (Å²) in [5.74, 6) is -1.35. The molecule has 2 saturated carbocycles. The lowest BCUT2D eigenvalue weighted by Crippen LogP contribution is -2.46. The lowest BCUT2D eigenvalue weighted by Gasteiger charge is -2.34. The fourth-order valence-corrected chi connectivity index (χ4v) is 5.22. The molecule has 2 aliphatic rings. The number of fused-ring (bicyclic) bond motifs is 2. The van der Waals surface area contributed by atoms with Crippen LogP contribution in [0.15, 0.2) is 6.20 Å². The lowest BCUT2D eigenvalue weighted by atomic mass is 9.83. The van der Waals surface area contributed by atoms with Crippen molar-refractivity contribution < 1.29 is 14.0 Å². The minimum Gasteiger partial charge on any atom is -0.369 e. The van der Waals surface area contributed by atoms with E-state index in [-0.39, 0.29) is 39.3 Å². The maximum absolute atomic E-state index is 13.9. The van der Waals surface area contributed by atoms with Gasteiger partial charge in [-0.2, -0.15) is 4.98 Å². The number of hydrogen-bond donors (Lipinski definition) is 2. The maximum Gasteiger partial charge on any atom is 0.224 e. The first-order valence-electron chi connectivity index (χ1n) is 7.28. The summed E-state index contributed by atoms with van der Waals surface area (Å²) in [6.07, 6.45) is 2.54. The van der Waals surface area contributed by atoms with Crippen molar-refractivity contribution in [2.24, 2.45) is 23.5 Å². The van der Waals surface area contributed by atoms with Crippen LogP contribution < -0.4 is 11.1 Å². The molecule has 5 atom stereocenters. The molecule has 1 heterocycles. The van der Waals surface area contributed by atoms with Crippen LogP contribution in [0.2, 0.25) is 5.28 Å². The molecule has 2 fully saturated rings. The van der Waals surface area contributed by atoms with E-state index >= 15 is 0 Å². The van der Waals surface area contributed by atoms with Crippen molar-refractivity contribution in [2.75, 3.05) is 5.32 Å². The van der Waals surface area contributed by atoms with Crippen molar-refractivity contribution in [3.05, 3.63) is 17.3 Å². The van der Waals surface area contributed by atoms with E-state index in [0.29, 0.717) is 0 Å². The number of halogens is 2. The van der Waals surface area contributed by atoms with Crippen LogP contribution in [0.5, 0.6) is 0 Å². The number of aromatic nitrogens is 2. The van der Waals surface area contributed by atoms with Crippen LogP contribution in [0.4, 0.5) is 10.2 Å². The van der Waals surface area contributed by atoms with E-state index in [1.165, 1.54) is 18.7 Å². The van der Waals surface area contributed by atoms with Gasteiger partial charge in [0.25, 0.3) is 0 Å². The van der Waals surface area contributed by atoms with Crippen molar-refractivity contribution in [2.45, 2.75) is 31.1 Å². The molecule has 124 valence electrons. The molecule has 0 radical (unpaired) electrons. The van der Waals surface area contributed by atoms with Gasteiger partial charge in [0.1, 0.15) is 0 Å². The summed E-state index contributed by atoms with van der Waals surface area (Å²) in [6.45, 7) is 1.52. The minimum atomic E-state index is -0.642. The van der Waals surface area contributed by atoms with Crippen molar-refractivity contribution in [3.63, 3.8) is 0 Å². The van der Waals surface area contributed by atoms with Crippen LogP contribution in [-0.4, -0.2) is 32.3 Å². The quantitative estimate of drug-likeness (QED) is 0.797. The Morgan fingerprint density at radius 1 is 1.48 bits per heavy atom. The summed E-state index contributed by atoms with van der Waals surface area (Å²) in [4.78, 5) is 30.6. The monoisotopic (exact) mass is 358 g/mol. The van der Waals surface area contributed by atoms with Gasteiger partial charge >= 0.3 is 0 Å². The molecule has 3 N–H and O–H groups in total. The van der Waals surface area contributed by atoms with Crippen LogP contribution in [-0.2, 0) is 9.59 Å². The highest BCUT2D eigenvalue weighted by molar-refractivity contribution is 8.14. The van der Waals surface area contributed by atoms with Gasteiger partial charge in [-0.05, 0) is 36.3 Å². The molecule has 23 heavy (non-hydrogen) atoms.